The quantitative estimate of drug-likeness (QED) is 0.672. The van der Waals surface area contributed by atoms with Crippen molar-refractivity contribution in [3.8, 4) is 0 Å². The van der Waals surface area contributed by atoms with Gasteiger partial charge in [0.1, 0.15) is 0 Å². The minimum Gasteiger partial charge on any atom is -0.468 e. The van der Waals surface area contributed by atoms with Crippen molar-refractivity contribution in [2.24, 2.45) is 5.92 Å². The molecule has 0 aromatic rings. The fraction of sp³-hybridized carbons (Fsp3) is 0.917. The highest BCUT2D eigenvalue weighted by atomic mass is 16.5. The second-order valence-electron chi connectivity index (χ2n) is 4.69. The highest BCUT2D eigenvalue weighted by molar-refractivity contribution is 5.71. The first-order chi connectivity index (χ1) is 7.08. The van der Waals surface area contributed by atoms with E-state index < -0.39 is 0 Å². The minimum absolute atomic E-state index is 0.122. The summed E-state index contributed by atoms with van der Waals surface area (Å²) in [6.45, 7) is 7.11. The van der Waals surface area contributed by atoms with Gasteiger partial charge in [-0.25, -0.2) is 0 Å². The lowest BCUT2D eigenvalue weighted by molar-refractivity contribution is -0.144. The van der Waals surface area contributed by atoms with Gasteiger partial charge in [0.15, 0.2) is 0 Å². The lowest BCUT2D eigenvalue weighted by Gasteiger charge is -2.41. The molecule has 1 rings (SSSR count). The number of likely N-dealkylation sites (tertiary alicyclic amines) is 1. The number of carbonyl (C=O) groups is 1. The molecule has 3 nitrogen and oxygen atoms in total. The van der Waals surface area contributed by atoms with Crippen molar-refractivity contribution >= 4 is 5.97 Å². The zero-order chi connectivity index (χ0) is 11.4. The molecule has 88 valence electrons. The molecule has 2 unspecified atom stereocenters. The smallest absolute Gasteiger partial charge is 0.319 e. The van der Waals surface area contributed by atoms with E-state index in [4.69, 9.17) is 4.74 Å². The van der Waals surface area contributed by atoms with Crippen LogP contribution in [0.15, 0.2) is 0 Å². The highest BCUT2D eigenvalue weighted by Crippen LogP contribution is 2.29. The van der Waals surface area contributed by atoms with Gasteiger partial charge < -0.3 is 4.74 Å². The number of piperidine rings is 1. The van der Waals surface area contributed by atoms with E-state index >= 15 is 0 Å². The Balaban J connectivity index is 2.54. The average molecular weight is 213 g/mol. The van der Waals surface area contributed by atoms with Crippen LogP contribution in [0.4, 0.5) is 0 Å². The molecule has 0 N–H and O–H groups in total. The first-order valence-electron chi connectivity index (χ1n) is 5.91. The molecule has 0 spiro atoms. The van der Waals surface area contributed by atoms with Gasteiger partial charge in [0.05, 0.1) is 13.7 Å². The first-order valence-corrected chi connectivity index (χ1v) is 5.91. The van der Waals surface area contributed by atoms with Crippen molar-refractivity contribution in [2.75, 3.05) is 13.7 Å². The molecule has 15 heavy (non-hydrogen) atoms. The lowest BCUT2D eigenvalue weighted by Crippen LogP contribution is -2.48. The SMILES string of the molecule is CCC1CC(C)N(CC(=O)OC)C(C)C1. The van der Waals surface area contributed by atoms with Crippen molar-refractivity contribution in [1.29, 1.82) is 0 Å². The van der Waals surface area contributed by atoms with Gasteiger partial charge >= 0.3 is 5.97 Å². The van der Waals surface area contributed by atoms with Crippen molar-refractivity contribution in [3.05, 3.63) is 0 Å². The second kappa shape index (κ2) is 5.50. The number of nitrogens with zero attached hydrogens (tertiary/aromatic N) is 1. The molecule has 0 amide bonds. The Morgan fingerprint density at radius 1 is 1.33 bits per heavy atom. The summed E-state index contributed by atoms with van der Waals surface area (Å²) in [4.78, 5) is 13.5. The zero-order valence-electron chi connectivity index (χ0n) is 10.3. The van der Waals surface area contributed by atoms with Crippen LogP contribution >= 0.6 is 0 Å². The van der Waals surface area contributed by atoms with Gasteiger partial charge in [-0.1, -0.05) is 13.3 Å². The summed E-state index contributed by atoms with van der Waals surface area (Å²) in [5.74, 6) is 0.701. The summed E-state index contributed by atoms with van der Waals surface area (Å²) >= 11 is 0. The third kappa shape index (κ3) is 3.20. The summed E-state index contributed by atoms with van der Waals surface area (Å²) in [5, 5.41) is 0. The van der Waals surface area contributed by atoms with Gasteiger partial charge in [0.25, 0.3) is 0 Å². The molecule has 0 aromatic carbocycles. The lowest BCUT2D eigenvalue weighted by atomic mass is 9.85. The van der Waals surface area contributed by atoms with E-state index in [0.717, 1.165) is 5.92 Å². The van der Waals surface area contributed by atoms with Gasteiger partial charge in [0, 0.05) is 12.1 Å². The Morgan fingerprint density at radius 3 is 2.27 bits per heavy atom. The van der Waals surface area contributed by atoms with Gasteiger partial charge in [-0.15, -0.1) is 0 Å². The second-order valence-corrected chi connectivity index (χ2v) is 4.69. The molecule has 1 heterocycles. The Bertz CT molecular complexity index is 206. The Hall–Kier alpha value is -0.570. The number of methoxy groups -OCH3 is 1. The largest absolute Gasteiger partial charge is 0.468 e. The summed E-state index contributed by atoms with van der Waals surface area (Å²) in [6.07, 6.45) is 3.66. The number of hydrogen-bond donors (Lipinski definition) is 0. The molecule has 1 aliphatic rings. The van der Waals surface area contributed by atoms with Crippen molar-refractivity contribution in [1.82, 2.24) is 4.90 Å². The predicted octanol–water partition coefficient (Wildman–Crippen LogP) is 2.06. The summed E-state index contributed by atoms with van der Waals surface area (Å²) in [7, 11) is 1.45. The normalized spacial score (nSPS) is 32.7. The van der Waals surface area contributed by atoms with Crippen LogP contribution in [-0.4, -0.2) is 36.6 Å². The molecule has 2 atom stereocenters. The maximum absolute atomic E-state index is 11.3. The number of rotatable bonds is 3. The molecule has 0 aliphatic carbocycles. The standard InChI is InChI=1S/C12H23NO2/c1-5-11-6-9(2)13(10(3)7-11)8-12(14)15-4/h9-11H,5-8H2,1-4H3. The minimum atomic E-state index is -0.122. The highest BCUT2D eigenvalue weighted by Gasteiger charge is 2.31. The van der Waals surface area contributed by atoms with Crippen molar-refractivity contribution in [2.45, 2.75) is 52.1 Å². The van der Waals surface area contributed by atoms with Crippen molar-refractivity contribution in [3.63, 3.8) is 0 Å². The molecule has 0 radical (unpaired) electrons. The van der Waals surface area contributed by atoms with Gasteiger partial charge in [-0.3, -0.25) is 9.69 Å². The van der Waals surface area contributed by atoms with Crippen LogP contribution in [0.1, 0.15) is 40.0 Å². The van der Waals surface area contributed by atoms with E-state index in [0.29, 0.717) is 18.6 Å². The maximum Gasteiger partial charge on any atom is 0.319 e. The average Bonchev–Trinajstić information content (AvgIpc) is 2.22. The van der Waals surface area contributed by atoms with Crippen LogP contribution in [0.25, 0.3) is 0 Å². The monoisotopic (exact) mass is 213 g/mol. The van der Waals surface area contributed by atoms with Crippen LogP contribution in [-0.2, 0) is 9.53 Å². The summed E-state index contributed by atoms with van der Waals surface area (Å²) in [6, 6.07) is 0.996. The van der Waals surface area contributed by atoms with E-state index in [2.05, 4.69) is 25.7 Å². The molecule has 1 saturated heterocycles. The van der Waals surface area contributed by atoms with E-state index in [1.54, 1.807) is 0 Å². The maximum atomic E-state index is 11.3. The molecular weight excluding hydrogens is 190 g/mol. The number of carbonyl (C=O) groups excluding carboxylic acids is 1. The van der Waals surface area contributed by atoms with Gasteiger partial charge in [-0.2, -0.15) is 0 Å². The van der Waals surface area contributed by atoms with E-state index in [1.807, 2.05) is 0 Å². The van der Waals surface area contributed by atoms with Crippen LogP contribution in [0.2, 0.25) is 0 Å². The predicted molar refractivity (Wildman–Crippen MR) is 60.7 cm³/mol. The molecular formula is C12H23NO2. The third-order valence-corrected chi connectivity index (χ3v) is 3.60. The van der Waals surface area contributed by atoms with Gasteiger partial charge in [0.2, 0.25) is 0 Å². The Labute approximate surface area is 92.8 Å². The Kier molecular flexibility index (Phi) is 4.58. The molecule has 1 fully saturated rings. The van der Waals surface area contributed by atoms with Crippen molar-refractivity contribution < 1.29 is 9.53 Å². The number of esters is 1. The van der Waals surface area contributed by atoms with E-state index in [1.165, 1.54) is 26.4 Å². The van der Waals surface area contributed by atoms with Gasteiger partial charge in [-0.05, 0) is 32.6 Å². The van der Waals surface area contributed by atoms with E-state index in [9.17, 15) is 4.79 Å². The zero-order valence-corrected chi connectivity index (χ0v) is 10.3. The van der Waals surface area contributed by atoms with Crippen LogP contribution in [0.3, 0.4) is 0 Å². The summed E-state index contributed by atoms with van der Waals surface area (Å²) in [5.41, 5.74) is 0. The fourth-order valence-corrected chi connectivity index (χ4v) is 2.62. The van der Waals surface area contributed by atoms with Crippen LogP contribution < -0.4 is 0 Å². The van der Waals surface area contributed by atoms with E-state index in [-0.39, 0.29) is 5.97 Å². The van der Waals surface area contributed by atoms with Crippen LogP contribution in [0.5, 0.6) is 0 Å². The number of hydrogen-bond acceptors (Lipinski definition) is 3. The first kappa shape index (κ1) is 12.5. The topological polar surface area (TPSA) is 29.5 Å². The molecule has 0 bridgehead atoms. The molecule has 1 aliphatic heterocycles. The summed E-state index contributed by atoms with van der Waals surface area (Å²) < 4.78 is 4.72. The molecule has 0 saturated carbocycles. The van der Waals surface area contributed by atoms with Crippen LogP contribution in [0, 0.1) is 5.92 Å². The fourth-order valence-electron chi connectivity index (χ4n) is 2.62. The molecule has 3 heteroatoms. The third-order valence-electron chi connectivity index (χ3n) is 3.60. The Morgan fingerprint density at radius 2 is 1.87 bits per heavy atom. The molecule has 0 aromatic heterocycles. The number of ether oxygens (including phenoxy) is 1.